The standard InChI is InChI=1S/C8H8BrNO3/c1-5(8(11)12)13-7-2-6(9)3-10-4-7/h2-5H,1H3,(H,11,12). The van der Waals surface area contributed by atoms with Crippen molar-refractivity contribution >= 4 is 21.9 Å². The van der Waals surface area contributed by atoms with Crippen molar-refractivity contribution in [2.45, 2.75) is 13.0 Å². The number of carboxylic acids is 1. The van der Waals surface area contributed by atoms with Crippen LogP contribution in [-0.4, -0.2) is 22.2 Å². The van der Waals surface area contributed by atoms with Gasteiger partial charge in [-0.3, -0.25) is 4.98 Å². The second kappa shape index (κ2) is 4.23. The van der Waals surface area contributed by atoms with Crippen LogP contribution in [0.25, 0.3) is 0 Å². The summed E-state index contributed by atoms with van der Waals surface area (Å²) in [5, 5.41) is 8.56. The Bertz CT molecular complexity index is 316. The van der Waals surface area contributed by atoms with Crippen LogP contribution in [0, 0.1) is 0 Å². The summed E-state index contributed by atoms with van der Waals surface area (Å²) in [6.45, 7) is 1.46. The van der Waals surface area contributed by atoms with Gasteiger partial charge in [0.25, 0.3) is 0 Å². The van der Waals surface area contributed by atoms with E-state index in [4.69, 9.17) is 9.84 Å². The van der Waals surface area contributed by atoms with Gasteiger partial charge in [0.05, 0.1) is 6.20 Å². The van der Waals surface area contributed by atoms with Crippen molar-refractivity contribution in [3.8, 4) is 5.75 Å². The number of hydrogen-bond acceptors (Lipinski definition) is 3. The molecule has 0 aliphatic heterocycles. The molecule has 1 rings (SSSR count). The highest BCUT2D eigenvalue weighted by Gasteiger charge is 2.12. The zero-order valence-corrected chi connectivity index (χ0v) is 8.48. The molecule has 0 saturated carbocycles. The van der Waals surface area contributed by atoms with Crippen molar-refractivity contribution in [3.63, 3.8) is 0 Å². The van der Waals surface area contributed by atoms with Crippen LogP contribution in [0.15, 0.2) is 22.9 Å². The minimum atomic E-state index is -1.00. The largest absolute Gasteiger partial charge is 0.479 e. The van der Waals surface area contributed by atoms with Gasteiger partial charge in [-0.25, -0.2) is 4.79 Å². The van der Waals surface area contributed by atoms with Gasteiger partial charge in [0.1, 0.15) is 5.75 Å². The molecule has 0 radical (unpaired) electrons. The minimum Gasteiger partial charge on any atom is -0.479 e. The molecular weight excluding hydrogens is 238 g/mol. The Hall–Kier alpha value is -1.10. The fourth-order valence-electron chi connectivity index (χ4n) is 0.711. The first-order valence-electron chi connectivity index (χ1n) is 3.59. The summed E-state index contributed by atoms with van der Waals surface area (Å²) in [6, 6.07) is 1.66. The van der Waals surface area contributed by atoms with Crippen molar-refractivity contribution in [1.82, 2.24) is 4.98 Å². The lowest BCUT2D eigenvalue weighted by Crippen LogP contribution is -2.22. The lowest BCUT2D eigenvalue weighted by atomic mass is 10.4. The normalized spacial score (nSPS) is 12.2. The number of halogens is 1. The molecule has 0 aliphatic carbocycles. The van der Waals surface area contributed by atoms with Crippen LogP contribution in [0.3, 0.4) is 0 Å². The van der Waals surface area contributed by atoms with Gasteiger partial charge in [-0.05, 0) is 28.9 Å². The Morgan fingerprint density at radius 2 is 2.38 bits per heavy atom. The monoisotopic (exact) mass is 245 g/mol. The summed E-state index contributed by atoms with van der Waals surface area (Å²) in [5.74, 6) is -0.566. The molecule has 0 amide bonds. The second-order valence-corrected chi connectivity index (χ2v) is 3.35. The molecule has 1 N–H and O–H groups in total. The summed E-state index contributed by atoms with van der Waals surface area (Å²) >= 11 is 3.20. The van der Waals surface area contributed by atoms with Crippen LogP contribution >= 0.6 is 15.9 Å². The Morgan fingerprint density at radius 3 is 2.92 bits per heavy atom. The van der Waals surface area contributed by atoms with E-state index in [1.807, 2.05) is 0 Å². The van der Waals surface area contributed by atoms with Crippen LogP contribution in [0.1, 0.15) is 6.92 Å². The van der Waals surface area contributed by atoms with Gasteiger partial charge in [-0.15, -0.1) is 0 Å². The van der Waals surface area contributed by atoms with Gasteiger partial charge >= 0.3 is 5.97 Å². The number of nitrogens with zero attached hydrogens (tertiary/aromatic N) is 1. The van der Waals surface area contributed by atoms with Crippen molar-refractivity contribution in [2.24, 2.45) is 0 Å². The minimum absolute atomic E-state index is 0.435. The number of aliphatic carboxylic acids is 1. The lowest BCUT2D eigenvalue weighted by Gasteiger charge is -2.09. The van der Waals surface area contributed by atoms with Crippen LogP contribution in [0.5, 0.6) is 5.75 Å². The molecule has 5 heteroatoms. The van der Waals surface area contributed by atoms with Gasteiger partial charge in [0.2, 0.25) is 0 Å². The van der Waals surface area contributed by atoms with Crippen molar-refractivity contribution in [1.29, 1.82) is 0 Å². The van der Waals surface area contributed by atoms with Crippen LogP contribution in [0.4, 0.5) is 0 Å². The van der Waals surface area contributed by atoms with Gasteiger partial charge in [0.15, 0.2) is 6.10 Å². The average Bonchev–Trinajstić information content (AvgIpc) is 2.04. The molecule has 0 fully saturated rings. The SMILES string of the molecule is CC(Oc1cncc(Br)c1)C(=O)O. The van der Waals surface area contributed by atoms with E-state index in [9.17, 15) is 4.79 Å². The summed E-state index contributed by atoms with van der Waals surface area (Å²) in [4.78, 5) is 14.3. The molecule has 0 saturated heterocycles. The molecule has 0 aliphatic rings. The predicted octanol–water partition coefficient (Wildman–Crippen LogP) is 1.70. The number of carbonyl (C=O) groups is 1. The van der Waals surface area contributed by atoms with Gasteiger partial charge in [-0.2, -0.15) is 0 Å². The molecule has 1 unspecified atom stereocenters. The van der Waals surface area contributed by atoms with Crippen molar-refractivity contribution in [3.05, 3.63) is 22.9 Å². The maximum Gasteiger partial charge on any atom is 0.344 e. The number of pyridine rings is 1. The number of ether oxygens (including phenoxy) is 1. The number of carboxylic acid groups (broad SMARTS) is 1. The molecule has 1 aromatic heterocycles. The van der Waals surface area contributed by atoms with E-state index in [1.165, 1.54) is 13.1 Å². The molecule has 1 aromatic rings. The Kier molecular flexibility index (Phi) is 3.25. The number of rotatable bonds is 3. The Morgan fingerprint density at radius 1 is 1.69 bits per heavy atom. The van der Waals surface area contributed by atoms with E-state index in [0.717, 1.165) is 4.47 Å². The van der Waals surface area contributed by atoms with E-state index in [2.05, 4.69) is 20.9 Å². The third-order valence-electron chi connectivity index (χ3n) is 1.34. The quantitative estimate of drug-likeness (QED) is 0.881. The first kappa shape index (κ1) is 9.98. The third-order valence-corrected chi connectivity index (χ3v) is 1.77. The predicted molar refractivity (Wildman–Crippen MR) is 49.7 cm³/mol. The number of aromatic nitrogens is 1. The first-order valence-corrected chi connectivity index (χ1v) is 4.39. The topological polar surface area (TPSA) is 59.4 Å². The molecule has 0 aromatic carbocycles. The lowest BCUT2D eigenvalue weighted by molar-refractivity contribution is -0.144. The van der Waals surface area contributed by atoms with Crippen molar-refractivity contribution < 1.29 is 14.6 Å². The van der Waals surface area contributed by atoms with E-state index in [-0.39, 0.29) is 0 Å². The molecule has 0 bridgehead atoms. The van der Waals surface area contributed by atoms with E-state index in [1.54, 1.807) is 12.3 Å². The molecule has 70 valence electrons. The summed E-state index contributed by atoms with van der Waals surface area (Å²) in [7, 11) is 0. The maximum atomic E-state index is 10.4. The molecule has 1 heterocycles. The Labute approximate surface area is 83.7 Å². The van der Waals surface area contributed by atoms with E-state index >= 15 is 0 Å². The van der Waals surface area contributed by atoms with E-state index < -0.39 is 12.1 Å². The van der Waals surface area contributed by atoms with Gasteiger partial charge in [-0.1, -0.05) is 0 Å². The van der Waals surface area contributed by atoms with Gasteiger partial charge < -0.3 is 9.84 Å². The Balaban J connectivity index is 2.69. The highest BCUT2D eigenvalue weighted by Crippen LogP contribution is 2.16. The fourth-order valence-corrected chi connectivity index (χ4v) is 1.06. The fraction of sp³-hybridized carbons (Fsp3) is 0.250. The van der Waals surface area contributed by atoms with Crippen molar-refractivity contribution in [2.75, 3.05) is 0 Å². The first-order chi connectivity index (χ1) is 6.09. The summed E-state index contributed by atoms with van der Waals surface area (Å²) in [5.41, 5.74) is 0. The zero-order valence-electron chi connectivity index (χ0n) is 6.90. The zero-order chi connectivity index (χ0) is 9.84. The molecule has 1 atom stereocenters. The highest BCUT2D eigenvalue weighted by atomic mass is 79.9. The van der Waals surface area contributed by atoms with Crippen LogP contribution < -0.4 is 4.74 Å². The smallest absolute Gasteiger partial charge is 0.344 e. The van der Waals surface area contributed by atoms with Gasteiger partial charge in [0, 0.05) is 10.7 Å². The molecule has 4 nitrogen and oxygen atoms in total. The average molecular weight is 246 g/mol. The summed E-state index contributed by atoms with van der Waals surface area (Å²) in [6.07, 6.45) is 2.19. The molecular formula is C8H8BrNO3. The highest BCUT2D eigenvalue weighted by molar-refractivity contribution is 9.10. The molecule has 13 heavy (non-hydrogen) atoms. The van der Waals surface area contributed by atoms with E-state index in [0.29, 0.717) is 5.75 Å². The number of hydrogen-bond donors (Lipinski definition) is 1. The summed E-state index contributed by atoms with van der Waals surface area (Å²) < 4.78 is 5.82. The van der Waals surface area contributed by atoms with Crippen LogP contribution in [-0.2, 0) is 4.79 Å². The third kappa shape index (κ3) is 3.02. The molecule has 0 spiro atoms. The van der Waals surface area contributed by atoms with Crippen LogP contribution in [0.2, 0.25) is 0 Å². The maximum absolute atomic E-state index is 10.4. The second-order valence-electron chi connectivity index (χ2n) is 2.44.